The van der Waals surface area contributed by atoms with Crippen molar-refractivity contribution in [2.45, 2.75) is 24.5 Å². The molecule has 0 unspecified atom stereocenters. The van der Waals surface area contributed by atoms with E-state index in [1.165, 1.54) is 28.6 Å². The maximum atomic E-state index is 12.4. The van der Waals surface area contributed by atoms with Gasteiger partial charge in [-0.05, 0) is 31.2 Å². The van der Waals surface area contributed by atoms with E-state index in [1.54, 1.807) is 0 Å². The van der Waals surface area contributed by atoms with Gasteiger partial charge in [0.1, 0.15) is 5.75 Å². The van der Waals surface area contributed by atoms with Crippen molar-refractivity contribution in [3.05, 3.63) is 24.3 Å². The van der Waals surface area contributed by atoms with E-state index in [0.717, 1.165) is 0 Å². The number of nitrogens with zero attached hydrogens (tertiary/aromatic N) is 1. The molecular weight excluding hydrogens is 326 g/mol. The van der Waals surface area contributed by atoms with Crippen LogP contribution in [-0.2, 0) is 10.0 Å². The van der Waals surface area contributed by atoms with Crippen LogP contribution < -0.4 is 10.1 Å². The molecule has 0 radical (unpaired) electrons. The second kappa shape index (κ2) is 7.35. The molecular formula is C12H17ClF2N2O3S. The Kier molecular flexibility index (Phi) is 6.33. The van der Waals surface area contributed by atoms with Crippen molar-refractivity contribution >= 4 is 22.4 Å². The highest BCUT2D eigenvalue weighted by Gasteiger charge is 2.30. The van der Waals surface area contributed by atoms with Crippen molar-refractivity contribution in [1.82, 2.24) is 9.62 Å². The average molecular weight is 343 g/mol. The highest BCUT2D eigenvalue weighted by atomic mass is 35.5. The van der Waals surface area contributed by atoms with Crippen molar-refractivity contribution in [2.24, 2.45) is 0 Å². The number of hydrogen-bond acceptors (Lipinski definition) is 4. The van der Waals surface area contributed by atoms with Gasteiger partial charge in [-0.3, -0.25) is 0 Å². The van der Waals surface area contributed by atoms with E-state index in [2.05, 4.69) is 10.1 Å². The molecule has 1 heterocycles. The lowest BCUT2D eigenvalue weighted by atomic mass is 10.3. The molecule has 9 heteroatoms. The molecule has 1 aliphatic rings. The number of hydrogen-bond donors (Lipinski definition) is 1. The first kappa shape index (κ1) is 18.1. The van der Waals surface area contributed by atoms with E-state index in [-0.39, 0.29) is 29.1 Å². The molecule has 5 nitrogen and oxygen atoms in total. The van der Waals surface area contributed by atoms with Crippen molar-refractivity contribution < 1.29 is 21.9 Å². The first-order valence-corrected chi connectivity index (χ1v) is 7.62. The van der Waals surface area contributed by atoms with Gasteiger partial charge in [0.15, 0.2) is 0 Å². The molecule has 0 bridgehead atoms. The molecule has 0 amide bonds. The lowest BCUT2D eigenvalue weighted by molar-refractivity contribution is -0.0498. The molecule has 0 spiro atoms. The standard InChI is InChI=1S/C12H16F2N2O3S.ClH/c1-9-8-15-6-7-16(9)20(17,18)11-4-2-10(3-5-11)19-12(13)14;/h2-5,9,12,15H,6-8H2,1H3;1H/t9-;/m1./s1. The van der Waals surface area contributed by atoms with Gasteiger partial charge in [-0.1, -0.05) is 0 Å². The summed E-state index contributed by atoms with van der Waals surface area (Å²) in [6.07, 6.45) is 0. The average Bonchev–Trinajstić information content (AvgIpc) is 2.39. The number of benzene rings is 1. The fraction of sp³-hybridized carbons (Fsp3) is 0.500. The van der Waals surface area contributed by atoms with Crippen LogP contribution >= 0.6 is 12.4 Å². The molecule has 0 aromatic heterocycles. The minimum atomic E-state index is -3.61. The summed E-state index contributed by atoms with van der Waals surface area (Å²) < 4.78 is 54.6. The summed E-state index contributed by atoms with van der Waals surface area (Å²) in [4.78, 5) is 0.0767. The summed E-state index contributed by atoms with van der Waals surface area (Å²) in [5.41, 5.74) is 0. The topological polar surface area (TPSA) is 58.6 Å². The number of rotatable bonds is 4. The molecule has 1 atom stereocenters. The van der Waals surface area contributed by atoms with Crippen LogP contribution in [0.2, 0.25) is 0 Å². The minimum absolute atomic E-state index is 0. The zero-order chi connectivity index (χ0) is 14.8. The fourth-order valence-corrected chi connectivity index (χ4v) is 3.74. The molecule has 1 aromatic rings. The maximum absolute atomic E-state index is 12.4. The minimum Gasteiger partial charge on any atom is -0.435 e. The van der Waals surface area contributed by atoms with Gasteiger partial charge >= 0.3 is 6.61 Å². The van der Waals surface area contributed by atoms with E-state index < -0.39 is 16.6 Å². The van der Waals surface area contributed by atoms with Crippen LogP contribution in [0.25, 0.3) is 0 Å². The predicted octanol–water partition coefficient (Wildman–Crippen LogP) is 1.69. The van der Waals surface area contributed by atoms with Crippen LogP contribution in [0.3, 0.4) is 0 Å². The van der Waals surface area contributed by atoms with Crippen LogP contribution in [0, 0.1) is 0 Å². The molecule has 21 heavy (non-hydrogen) atoms. The predicted molar refractivity (Wildman–Crippen MR) is 76.5 cm³/mol. The molecule has 1 aromatic carbocycles. The highest BCUT2D eigenvalue weighted by molar-refractivity contribution is 7.89. The van der Waals surface area contributed by atoms with Gasteiger partial charge in [-0.25, -0.2) is 8.42 Å². The first-order chi connectivity index (χ1) is 9.41. The quantitative estimate of drug-likeness (QED) is 0.904. The third kappa shape index (κ3) is 4.26. The van der Waals surface area contributed by atoms with Crippen molar-refractivity contribution in [3.8, 4) is 5.75 Å². The maximum Gasteiger partial charge on any atom is 0.387 e. The van der Waals surface area contributed by atoms with E-state index in [0.29, 0.717) is 19.6 Å². The lowest BCUT2D eigenvalue weighted by Crippen LogP contribution is -2.52. The van der Waals surface area contributed by atoms with E-state index in [4.69, 9.17) is 0 Å². The Morgan fingerprint density at radius 2 is 1.95 bits per heavy atom. The normalized spacial score (nSPS) is 20.1. The third-order valence-corrected chi connectivity index (χ3v) is 5.12. The largest absolute Gasteiger partial charge is 0.435 e. The SMILES string of the molecule is C[C@@H]1CNCCN1S(=O)(=O)c1ccc(OC(F)F)cc1.Cl. The van der Waals surface area contributed by atoms with Crippen LogP contribution in [0.5, 0.6) is 5.75 Å². The molecule has 1 fully saturated rings. The Morgan fingerprint density at radius 1 is 1.33 bits per heavy atom. The Labute approximate surface area is 128 Å². The van der Waals surface area contributed by atoms with Gasteiger partial charge in [-0.15, -0.1) is 12.4 Å². The summed E-state index contributed by atoms with van der Waals surface area (Å²) in [6.45, 7) is 0.462. The number of sulfonamides is 1. The van der Waals surface area contributed by atoms with Gasteiger partial charge in [0.2, 0.25) is 10.0 Å². The lowest BCUT2D eigenvalue weighted by Gasteiger charge is -2.32. The summed E-state index contributed by atoms with van der Waals surface area (Å²) in [7, 11) is -3.61. The van der Waals surface area contributed by atoms with E-state index in [1.807, 2.05) is 6.92 Å². The number of alkyl halides is 2. The third-order valence-electron chi connectivity index (χ3n) is 3.10. The Bertz CT molecular complexity index is 554. The van der Waals surface area contributed by atoms with Crippen molar-refractivity contribution in [2.75, 3.05) is 19.6 Å². The van der Waals surface area contributed by atoms with Gasteiger partial charge in [0, 0.05) is 25.7 Å². The molecule has 0 aliphatic carbocycles. The Balaban J connectivity index is 0.00000220. The number of halogens is 3. The van der Waals surface area contributed by atoms with Crippen molar-refractivity contribution in [3.63, 3.8) is 0 Å². The summed E-state index contributed by atoms with van der Waals surface area (Å²) in [5, 5.41) is 3.11. The van der Waals surface area contributed by atoms with Crippen LogP contribution in [0.4, 0.5) is 8.78 Å². The smallest absolute Gasteiger partial charge is 0.387 e. The zero-order valence-electron chi connectivity index (χ0n) is 11.3. The summed E-state index contributed by atoms with van der Waals surface area (Å²) >= 11 is 0. The fourth-order valence-electron chi connectivity index (χ4n) is 2.11. The number of ether oxygens (including phenoxy) is 1. The Hall–Kier alpha value is -0.960. The second-order valence-electron chi connectivity index (χ2n) is 4.52. The van der Waals surface area contributed by atoms with Crippen LogP contribution in [0.1, 0.15) is 6.92 Å². The summed E-state index contributed by atoms with van der Waals surface area (Å²) in [6, 6.07) is 4.87. The van der Waals surface area contributed by atoms with Gasteiger partial charge in [-0.2, -0.15) is 13.1 Å². The van der Waals surface area contributed by atoms with Crippen LogP contribution in [0.15, 0.2) is 29.2 Å². The van der Waals surface area contributed by atoms with Gasteiger partial charge in [0.25, 0.3) is 0 Å². The highest BCUT2D eigenvalue weighted by Crippen LogP contribution is 2.22. The first-order valence-electron chi connectivity index (χ1n) is 6.18. The molecule has 1 saturated heterocycles. The molecule has 1 N–H and O–H groups in total. The van der Waals surface area contributed by atoms with Gasteiger partial charge < -0.3 is 10.1 Å². The van der Waals surface area contributed by atoms with Gasteiger partial charge in [0.05, 0.1) is 4.90 Å². The van der Waals surface area contributed by atoms with Crippen molar-refractivity contribution in [1.29, 1.82) is 0 Å². The molecule has 1 aliphatic heterocycles. The van der Waals surface area contributed by atoms with E-state index in [9.17, 15) is 17.2 Å². The number of piperazine rings is 1. The zero-order valence-corrected chi connectivity index (χ0v) is 13.0. The molecule has 0 saturated carbocycles. The van der Waals surface area contributed by atoms with E-state index >= 15 is 0 Å². The second-order valence-corrected chi connectivity index (χ2v) is 6.41. The molecule has 120 valence electrons. The number of nitrogens with one attached hydrogen (secondary N) is 1. The molecule has 2 rings (SSSR count). The summed E-state index contributed by atoms with van der Waals surface area (Å²) in [5.74, 6) is -0.0627. The van der Waals surface area contributed by atoms with Crippen LogP contribution in [-0.4, -0.2) is 45.0 Å². The Morgan fingerprint density at radius 3 is 2.48 bits per heavy atom. The monoisotopic (exact) mass is 342 g/mol.